The minimum absolute atomic E-state index is 0.0530. The van der Waals surface area contributed by atoms with E-state index in [1.54, 1.807) is 0 Å². The molecular weight excluding hydrogens is 394 g/mol. The van der Waals surface area contributed by atoms with E-state index in [0.29, 0.717) is 19.4 Å². The molecule has 2 aromatic rings. The minimum Gasteiger partial charge on any atom is -0.494 e. The molecule has 2 aromatic carbocycles. The van der Waals surface area contributed by atoms with Gasteiger partial charge in [0.05, 0.1) is 6.61 Å². The molecule has 0 heterocycles. The van der Waals surface area contributed by atoms with E-state index < -0.39 is 20.5 Å². The van der Waals surface area contributed by atoms with Crippen LogP contribution in [0, 0.1) is 0 Å². The van der Waals surface area contributed by atoms with Gasteiger partial charge < -0.3 is 9.84 Å². The van der Waals surface area contributed by atoms with Crippen molar-refractivity contribution in [3.63, 3.8) is 0 Å². The van der Waals surface area contributed by atoms with E-state index in [0.717, 1.165) is 28.7 Å². The molecule has 0 fully saturated rings. The first-order valence-corrected chi connectivity index (χ1v) is 11.2. The Balaban J connectivity index is 2.05. The molecule has 0 saturated carbocycles. The molecule has 3 N–H and O–H groups in total. The van der Waals surface area contributed by atoms with Crippen LogP contribution in [-0.4, -0.2) is 48.9 Å². The standard InChI is InChI=1S/C21H27NO6S/c1-21(20(24)22-25,29(2,26)27)13-12-16-4-6-17(7-5-16)18-8-10-19(11-9-18)28-15-3-14-23/h4-11,23,25H,3,12-15H2,1-2H3,(H,22,24). The Morgan fingerprint density at radius 2 is 1.62 bits per heavy atom. The highest BCUT2D eigenvalue weighted by molar-refractivity contribution is 7.92. The van der Waals surface area contributed by atoms with Crippen molar-refractivity contribution in [2.45, 2.75) is 30.9 Å². The summed E-state index contributed by atoms with van der Waals surface area (Å²) in [5.74, 6) is -0.195. The summed E-state index contributed by atoms with van der Waals surface area (Å²) in [7, 11) is -3.71. The fourth-order valence-corrected chi connectivity index (χ4v) is 3.69. The van der Waals surface area contributed by atoms with Gasteiger partial charge in [-0.2, -0.15) is 0 Å². The lowest BCUT2D eigenvalue weighted by atomic mass is 9.97. The number of hydroxylamine groups is 1. The number of aliphatic hydroxyl groups is 1. The molecule has 8 heteroatoms. The van der Waals surface area contributed by atoms with Crippen LogP contribution in [-0.2, 0) is 21.1 Å². The topological polar surface area (TPSA) is 113 Å². The number of aliphatic hydroxyl groups excluding tert-OH is 1. The second kappa shape index (κ2) is 9.87. The largest absolute Gasteiger partial charge is 0.494 e. The predicted molar refractivity (Wildman–Crippen MR) is 111 cm³/mol. The van der Waals surface area contributed by atoms with Crippen LogP contribution in [0.1, 0.15) is 25.3 Å². The normalized spacial score (nSPS) is 13.5. The SMILES string of the molecule is CC(CCc1ccc(-c2ccc(OCCCO)cc2)cc1)(C(=O)NO)S(C)(=O)=O. The number of ether oxygens (including phenoxy) is 1. The Bertz CT molecular complexity index is 909. The van der Waals surface area contributed by atoms with Crippen LogP contribution in [0.5, 0.6) is 5.75 Å². The number of aryl methyl sites for hydroxylation is 1. The summed E-state index contributed by atoms with van der Waals surface area (Å²) in [6, 6.07) is 15.3. The average molecular weight is 422 g/mol. The third-order valence-corrected chi connectivity index (χ3v) is 7.03. The van der Waals surface area contributed by atoms with E-state index in [1.807, 2.05) is 48.5 Å². The van der Waals surface area contributed by atoms with E-state index >= 15 is 0 Å². The second-order valence-electron chi connectivity index (χ2n) is 7.09. The van der Waals surface area contributed by atoms with Gasteiger partial charge in [0.2, 0.25) is 0 Å². The smallest absolute Gasteiger partial charge is 0.264 e. The van der Waals surface area contributed by atoms with Crippen molar-refractivity contribution < 1.29 is 28.3 Å². The number of amides is 1. The molecule has 0 saturated heterocycles. The number of nitrogens with one attached hydrogen (secondary N) is 1. The van der Waals surface area contributed by atoms with Crippen molar-refractivity contribution >= 4 is 15.7 Å². The maximum Gasteiger partial charge on any atom is 0.264 e. The predicted octanol–water partition coefficient (Wildman–Crippen LogP) is 2.36. The van der Waals surface area contributed by atoms with Crippen LogP contribution in [0.3, 0.4) is 0 Å². The van der Waals surface area contributed by atoms with Crippen molar-refractivity contribution in [3.05, 3.63) is 54.1 Å². The summed E-state index contributed by atoms with van der Waals surface area (Å²) >= 11 is 0. The zero-order chi connectivity index (χ0) is 21.5. The third kappa shape index (κ3) is 5.79. The molecule has 2 rings (SSSR count). The molecule has 0 aliphatic heterocycles. The van der Waals surface area contributed by atoms with Crippen LogP contribution in [0.2, 0.25) is 0 Å². The second-order valence-corrected chi connectivity index (χ2v) is 9.54. The molecule has 7 nitrogen and oxygen atoms in total. The summed E-state index contributed by atoms with van der Waals surface area (Å²) in [5.41, 5.74) is 4.35. The highest BCUT2D eigenvalue weighted by Gasteiger charge is 2.43. The Hall–Kier alpha value is -2.42. The van der Waals surface area contributed by atoms with Crippen molar-refractivity contribution in [1.82, 2.24) is 5.48 Å². The van der Waals surface area contributed by atoms with Gasteiger partial charge in [-0.1, -0.05) is 36.4 Å². The van der Waals surface area contributed by atoms with Crippen molar-refractivity contribution in [2.75, 3.05) is 19.5 Å². The highest BCUT2D eigenvalue weighted by Crippen LogP contribution is 2.26. The minimum atomic E-state index is -3.71. The van der Waals surface area contributed by atoms with E-state index in [2.05, 4.69) is 0 Å². The van der Waals surface area contributed by atoms with Gasteiger partial charge in [-0.25, -0.2) is 13.9 Å². The van der Waals surface area contributed by atoms with Gasteiger partial charge in [0, 0.05) is 19.3 Å². The first kappa shape index (κ1) is 22.9. The molecule has 1 amide bonds. The number of carbonyl (C=O) groups is 1. The van der Waals surface area contributed by atoms with Gasteiger partial charge in [0.1, 0.15) is 10.5 Å². The molecule has 0 aliphatic rings. The Labute approximate surface area is 171 Å². The Morgan fingerprint density at radius 1 is 1.07 bits per heavy atom. The van der Waals surface area contributed by atoms with Crippen LogP contribution < -0.4 is 10.2 Å². The first-order valence-electron chi connectivity index (χ1n) is 9.28. The summed E-state index contributed by atoms with van der Waals surface area (Å²) < 4.78 is 27.9. The molecule has 1 atom stereocenters. The lowest BCUT2D eigenvalue weighted by molar-refractivity contribution is -0.131. The molecule has 0 radical (unpaired) electrons. The van der Waals surface area contributed by atoms with Crippen molar-refractivity contribution in [3.8, 4) is 16.9 Å². The van der Waals surface area contributed by atoms with Crippen LogP contribution >= 0.6 is 0 Å². The van der Waals surface area contributed by atoms with Crippen LogP contribution in [0.4, 0.5) is 0 Å². The fourth-order valence-electron chi connectivity index (χ4n) is 2.83. The summed E-state index contributed by atoms with van der Waals surface area (Å²) in [6.45, 7) is 1.87. The molecule has 0 bridgehead atoms. The maximum atomic E-state index is 12.0. The fraction of sp³-hybridized carbons (Fsp3) is 0.381. The Kier molecular flexibility index (Phi) is 7.78. The lowest BCUT2D eigenvalue weighted by Crippen LogP contribution is -2.49. The number of benzene rings is 2. The molecule has 29 heavy (non-hydrogen) atoms. The summed E-state index contributed by atoms with van der Waals surface area (Å²) in [4.78, 5) is 11.9. The van der Waals surface area contributed by atoms with E-state index in [-0.39, 0.29) is 13.0 Å². The molecule has 0 aromatic heterocycles. The Morgan fingerprint density at radius 3 is 2.10 bits per heavy atom. The zero-order valence-electron chi connectivity index (χ0n) is 16.6. The number of sulfone groups is 1. The zero-order valence-corrected chi connectivity index (χ0v) is 17.4. The monoisotopic (exact) mass is 421 g/mol. The van der Waals surface area contributed by atoms with E-state index in [9.17, 15) is 13.2 Å². The molecular formula is C21H27NO6S. The van der Waals surface area contributed by atoms with E-state index in [4.69, 9.17) is 15.1 Å². The van der Waals surface area contributed by atoms with Gasteiger partial charge in [-0.3, -0.25) is 10.0 Å². The molecule has 1 unspecified atom stereocenters. The van der Waals surface area contributed by atoms with Gasteiger partial charge in [0.15, 0.2) is 9.84 Å². The van der Waals surface area contributed by atoms with Crippen molar-refractivity contribution in [2.24, 2.45) is 0 Å². The first-order chi connectivity index (χ1) is 13.7. The van der Waals surface area contributed by atoms with Gasteiger partial charge in [0.25, 0.3) is 5.91 Å². The lowest BCUT2D eigenvalue weighted by Gasteiger charge is -2.25. The van der Waals surface area contributed by atoms with E-state index in [1.165, 1.54) is 12.4 Å². The molecule has 0 aliphatic carbocycles. The maximum absolute atomic E-state index is 12.0. The quantitative estimate of drug-likeness (QED) is 0.308. The van der Waals surface area contributed by atoms with Crippen LogP contribution in [0.15, 0.2) is 48.5 Å². The number of rotatable bonds is 10. The van der Waals surface area contributed by atoms with Gasteiger partial charge in [-0.05, 0) is 48.6 Å². The van der Waals surface area contributed by atoms with Gasteiger partial charge >= 0.3 is 0 Å². The average Bonchev–Trinajstić information content (AvgIpc) is 2.71. The molecule has 0 spiro atoms. The summed E-state index contributed by atoms with van der Waals surface area (Å²) in [6.07, 6.45) is 2.00. The van der Waals surface area contributed by atoms with Crippen molar-refractivity contribution in [1.29, 1.82) is 0 Å². The highest BCUT2D eigenvalue weighted by atomic mass is 32.2. The summed E-state index contributed by atoms with van der Waals surface area (Å²) in [5, 5.41) is 17.7. The number of hydrogen-bond donors (Lipinski definition) is 3. The molecule has 158 valence electrons. The van der Waals surface area contributed by atoms with Gasteiger partial charge in [-0.15, -0.1) is 0 Å². The third-order valence-electron chi connectivity index (χ3n) is 5.00. The number of hydrogen-bond acceptors (Lipinski definition) is 6. The van der Waals surface area contributed by atoms with Crippen LogP contribution in [0.25, 0.3) is 11.1 Å². The number of carbonyl (C=O) groups excluding carboxylic acids is 1.